The highest BCUT2D eigenvalue weighted by Crippen LogP contribution is 2.18. The van der Waals surface area contributed by atoms with Gasteiger partial charge in [-0.2, -0.15) is 5.26 Å². The quantitative estimate of drug-likeness (QED) is 0.905. The Kier molecular flexibility index (Phi) is 4.19. The van der Waals surface area contributed by atoms with Gasteiger partial charge in [-0.3, -0.25) is 4.79 Å². The molecule has 2 rings (SSSR count). The summed E-state index contributed by atoms with van der Waals surface area (Å²) in [6.45, 7) is 2.27. The number of carbonyl (C=O) groups excluding carboxylic acids is 1. The number of amides is 1. The van der Waals surface area contributed by atoms with E-state index in [1.165, 1.54) is 12.1 Å². The van der Waals surface area contributed by atoms with Crippen LogP contribution >= 0.6 is 0 Å². The van der Waals surface area contributed by atoms with Crippen LogP contribution in [0.1, 0.15) is 27.0 Å². The number of carbonyl (C=O) groups is 1. The number of primary amides is 1. The average Bonchev–Trinajstić information content (AvgIpc) is 2.46. The summed E-state index contributed by atoms with van der Waals surface area (Å²) in [5, 5.41) is 11.7. The first kappa shape index (κ1) is 14.5. The van der Waals surface area contributed by atoms with Gasteiger partial charge in [0.2, 0.25) is 5.91 Å². The largest absolute Gasteiger partial charge is 0.379 e. The highest BCUT2D eigenvalue weighted by atomic mass is 19.1. The van der Waals surface area contributed by atoms with Gasteiger partial charge < -0.3 is 11.1 Å². The third-order valence-electron chi connectivity index (χ3n) is 3.19. The molecule has 5 heteroatoms. The fourth-order valence-electron chi connectivity index (χ4n) is 1.97. The van der Waals surface area contributed by atoms with E-state index in [2.05, 4.69) is 5.32 Å². The molecule has 0 bridgehead atoms. The van der Waals surface area contributed by atoms with Crippen LogP contribution in [0.4, 0.5) is 10.1 Å². The predicted octanol–water partition coefficient (Wildman–Crippen LogP) is 2.72. The van der Waals surface area contributed by atoms with E-state index in [0.717, 1.165) is 11.1 Å². The van der Waals surface area contributed by atoms with Crippen LogP contribution < -0.4 is 11.1 Å². The van der Waals surface area contributed by atoms with Crippen LogP contribution in [0, 0.1) is 24.1 Å². The van der Waals surface area contributed by atoms with Crippen molar-refractivity contribution in [1.82, 2.24) is 0 Å². The Morgan fingerprint density at radius 2 is 2.10 bits per heavy atom. The van der Waals surface area contributed by atoms with Crippen molar-refractivity contribution in [2.75, 3.05) is 5.32 Å². The van der Waals surface area contributed by atoms with Gasteiger partial charge in [-0.15, -0.1) is 0 Å². The van der Waals surface area contributed by atoms with E-state index in [9.17, 15) is 9.18 Å². The van der Waals surface area contributed by atoms with E-state index in [1.807, 2.05) is 13.0 Å². The van der Waals surface area contributed by atoms with E-state index < -0.39 is 11.7 Å². The minimum atomic E-state index is -0.476. The van der Waals surface area contributed by atoms with Gasteiger partial charge in [-0.05, 0) is 48.4 Å². The number of nitrogens with two attached hydrogens (primary N) is 1. The van der Waals surface area contributed by atoms with Gasteiger partial charge in [0.1, 0.15) is 5.82 Å². The average molecular weight is 283 g/mol. The number of aryl methyl sites for hydroxylation is 1. The molecule has 1 amide bonds. The van der Waals surface area contributed by atoms with Crippen LogP contribution in [0.5, 0.6) is 0 Å². The maximum atomic E-state index is 13.7. The number of halogens is 1. The molecule has 0 aliphatic carbocycles. The zero-order chi connectivity index (χ0) is 15.4. The number of nitriles is 1. The van der Waals surface area contributed by atoms with E-state index in [4.69, 9.17) is 11.0 Å². The molecule has 2 aromatic carbocycles. The standard InChI is InChI=1S/C16H14FN3O/c1-10-6-12(16(19)21)3-4-13(10)9-20-15-5-2-11(8-18)7-14(15)17/h2-7,20H,9H2,1H3,(H2,19,21). The third kappa shape index (κ3) is 3.37. The minimum absolute atomic E-state index is 0.278. The van der Waals surface area contributed by atoms with Crippen LogP contribution in [-0.2, 0) is 6.54 Å². The Labute approximate surface area is 122 Å². The minimum Gasteiger partial charge on any atom is -0.379 e. The molecule has 0 saturated heterocycles. The molecular weight excluding hydrogens is 269 g/mol. The van der Waals surface area contributed by atoms with Crippen molar-refractivity contribution in [3.63, 3.8) is 0 Å². The monoisotopic (exact) mass is 283 g/mol. The summed E-state index contributed by atoms with van der Waals surface area (Å²) in [5.74, 6) is -0.948. The summed E-state index contributed by atoms with van der Waals surface area (Å²) < 4.78 is 13.7. The zero-order valence-corrected chi connectivity index (χ0v) is 11.5. The normalized spacial score (nSPS) is 9.95. The van der Waals surface area contributed by atoms with Crippen molar-refractivity contribution in [2.45, 2.75) is 13.5 Å². The summed E-state index contributed by atoms with van der Waals surface area (Å²) in [6.07, 6.45) is 0. The maximum Gasteiger partial charge on any atom is 0.248 e. The maximum absolute atomic E-state index is 13.7. The number of hydrogen-bond acceptors (Lipinski definition) is 3. The van der Waals surface area contributed by atoms with Gasteiger partial charge in [0.15, 0.2) is 0 Å². The molecule has 0 aliphatic rings. The number of benzene rings is 2. The Hall–Kier alpha value is -2.87. The molecule has 3 N–H and O–H groups in total. The number of hydrogen-bond donors (Lipinski definition) is 2. The molecule has 0 aromatic heterocycles. The summed E-state index contributed by atoms with van der Waals surface area (Å²) >= 11 is 0. The highest BCUT2D eigenvalue weighted by molar-refractivity contribution is 5.93. The molecule has 0 unspecified atom stereocenters. The second-order valence-corrected chi connectivity index (χ2v) is 4.67. The highest BCUT2D eigenvalue weighted by Gasteiger charge is 2.06. The summed E-state index contributed by atoms with van der Waals surface area (Å²) in [7, 11) is 0. The van der Waals surface area contributed by atoms with Crippen molar-refractivity contribution in [1.29, 1.82) is 5.26 Å². The van der Waals surface area contributed by atoms with Gasteiger partial charge in [0.25, 0.3) is 0 Å². The fourth-order valence-corrected chi connectivity index (χ4v) is 1.97. The molecule has 21 heavy (non-hydrogen) atoms. The number of anilines is 1. The van der Waals surface area contributed by atoms with Crippen LogP contribution in [0.2, 0.25) is 0 Å². The number of nitrogens with one attached hydrogen (secondary N) is 1. The lowest BCUT2D eigenvalue weighted by Gasteiger charge is -2.11. The summed E-state index contributed by atoms with van der Waals surface area (Å²) in [6, 6.07) is 11.3. The Balaban J connectivity index is 2.13. The molecule has 0 radical (unpaired) electrons. The molecular formula is C16H14FN3O. The van der Waals surface area contributed by atoms with Gasteiger partial charge in [-0.25, -0.2) is 4.39 Å². The first-order chi connectivity index (χ1) is 10.0. The van der Waals surface area contributed by atoms with E-state index in [1.54, 1.807) is 24.3 Å². The van der Waals surface area contributed by atoms with E-state index >= 15 is 0 Å². The molecule has 2 aromatic rings. The number of rotatable bonds is 4. The summed E-state index contributed by atoms with van der Waals surface area (Å²) in [4.78, 5) is 11.1. The van der Waals surface area contributed by atoms with Crippen molar-refractivity contribution >= 4 is 11.6 Å². The van der Waals surface area contributed by atoms with E-state index in [-0.39, 0.29) is 5.56 Å². The zero-order valence-electron chi connectivity index (χ0n) is 11.5. The molecule has 0 spiro atoms. The topological polar surface area (TPSA) is 78.9 Å². The van der Waals surface area contributed by atoms with Gasteiger partial charge in [0.05, 0.1) is 17.3 Å². The van der Waals surface area contributed by atoms with Crippen molar-refractivity contribution in [2.24, 2.45) is 5.73 Å². The molecule has 0 saturated carbocycles. The predicted molar refractivity (Wildman–Crippen MR) is 78.1 cm³/mol. The fraction of sp³-hybridized carbons (Fsp3) is 0.125. The molecule has 106 valence electrons. The van der Waals surface area contributed by atoms with Gasteiger partial charge >= 0.3 is 0 Å². The molecule has 0 atom stereocenters. The Morgan fingerprint density at radius 3 is 2.67 bits per heavy atom. The van der Waals surface area contributed by atoms with Crippen LogP contribution in [-0.4, -0.2) is 5.91 Å². The van der Waals surface area contributed by atoms with Gasteiger partial charge in [-0.1, -0.05) is 6.07 Å². The van der Waals surface area contributed by atoms with Crippen LogP contribution in [0.15, 0.2) is 36.4 Å². The lowest BCUT2D eigenvalue weighted by Crippen LogP contribution is -2.12. The first-order valence-corrected chi connectivity index (χ1v) is 6.34. The molecule has 0 aliphatic heterocycles. The first-order valence-electron chi connectivity index (χ1n) is 6.34. The second kappa shape index (κ2) is 6.06. The van der Waals surface area contributed by atoms with Gasteiger partial charge in [0, 0.05) is 12.1 Å². The Morgan fingerprint density at radius 1 is 1.33 bits per heavy atom. The molecule has 0 fully saturated rings. The van der Waals surface area contributed by atoms with Crippen LogP contribution in [0.25, 0.3) is 0 Å². The SMILES string of the molecule is Cc1cc(C(N)=O)ccc1CNc1ccc(C#N)cc1F. The summed E-state index contributed by atoms with van der Waals surface area (Å²) in [5.41, 5.74) is 8.09. The molecule has 4 nitrogen and oxygen atoms in total. The van der Waals surface area contributed by atoms with Crippen molar-refractivity contribution < 1.29 is 9.18 Å². The number of nitrogens with zero attached hydrogens (tertiary/aromatic N) is 1. The van der Waals surface area contributed by atoms with Crippen molar-refractivity contribution in [3.05, 3.63) is 64.5 Å². The van der Waals surface area contributed by atoms with Crippen LogP contribution in [0.3, 0.4) is 0 Å². The lowest BCUT2D eigenvalue weighted by molar-refractivity contribution is 0.1000. The molecule has 0 heterocycles. The van der Waals surface area contributed by atoms with Crippen molar-refractivity contribution in [3.8, 4) is 6.07 Å². The smallest absolute Gasteiger partial charge is 0.248 e. The second-order valence-electron chi connectivity index (χ2n) is 4.67. The third-order valence-corrected chi connectivity index (χ3v) is 3.19. The Bertz CT molecular complexity index is 735. The lowest BCUT2D eigenvalue weighted by atomic mass is 10.0. The van der Waals surface area contributed by atoms with E-state index in [0.29, 0.717) is 17.8 Å².